The summed E-state index contributed by atoms with van der Waals surface area (Å²) in [6, 6.07) is 7.38. The number of hydrogen-bond acceptors (Lipinski definition) is 7. The molecule has 0 radical (unpaired) electrons. The van der Waals surface area contributed by atoms with Gasteiger partial charge in [0.25, 0.3) is 5.56 Å². The molecule has 3 heterocycles. The Kier molecular flexibility index (Phi) is 3.68. The highest BCUT2D eigenvalue weighted by molar-refractivity contribution is 7.85. The molecule has 1 aromatic carbocycles. The monoisotopic (exact) mass is 391 g/mol. The average Bonchev–Trinajstić information content (AvgIpc) is 3.19. The van der Waals surface area contributed by atoms with Gasteiger partial charge in [-0.25, -0.2) is 13.4 Å². The van der Waals surface area contributed by atoms with Crippen LogP contribution in [0.5, 0.6) is 0 Å². The Labute approximate surface area is 150 Å². The van der Waals surface area contributed by atoms with Gasteiger partial charge >= 0.3 is 0 Å². The van der Waals surface area contributed by atoms with E-state index in [2.05, 4.69) is 15.1 Å². The number of aromatic nitrogens is 3. The van der Waals surface area contributed by atoms with Gasteiger partial charge in [0.15, 0.2) is 10.1 Å². The highest BCUT2D eigenvalue weighted by Gasteiger charge is 2.11. The van der Waals surface area contributed by atoms with Crippen LogP contribution in [0.4, 0.5) is 0 Å². The van der Waals surface area contributed by atoms with Gasteiger partial charge in [0.2, 0.25) is 5.09 Å². The normalized spacial score (nSPS) is 12.5. The molecular formula is C15H8ClN4O5S-. The summed E-state index contributed by atoms with van der Waals surface area (Å²) >= 11 is 5.97. The molecule has 11 heteroatoms. The summed E-state index contributed by atoms with van der Waals surface area (Å²) < 4.78 is 38.4. The zero-order chi connectivity index (χ0) is 18.5. The van der Waals surface area contributed by atoms with E-state index >= 15 is 0 Å². The minimum atomic E-state index is -4.70. The van der Waals surface area contributed by atoms with E-state index in [1.165, 1.54) is 12.4 Å². The highest BCUT2D eigenvalue weighted by Crippen LogP contribution is 2.24. The Morgan fingerprint density at radius 2 is 2.12 bits per heavy atom. The maximum Gasteiger partial charge on any atom is 0.298 e. The quantitative estimate of drug-likeness (QED) is 0.419. The van der Waals surface area contributed by atoms with Crippen LogP contribution >= 0.6 is 11.6 Å². The first kappa shape index (κ1) is 16.5. The molecule has 132 valence electrons. The number of benzene rings is 1. The van der Waals surface area contributed by atoms with Gasteiger partial charge in [-0.05, 0) is 30.3 Å². The van der Waals surface area contributed by atoms with Crippen LogP contribution in [-0.4, -0.2) is 33.8 Å². The van der Waals surface area contributed by atoms with Crippen molar-refractivity contribution in [1.82, 2.24) is 14.6 Å². The van der Waals surface area contributed by atoms with Gasteiger partial charge in [-0.15, -0.1) is 0 Å². The van der Waals surface area contributed by atoms with Gasteiger partial charge in [0, 0.05) is 15.9 Å². The van der Waals surface area contributed by atoms with Crippen molar-refractivity contribution in [1.29, 1.82) is 0 Å². The van der Waals surface area contributed by atoms with Crippen molar-refractivity contribution >= 4 is 49.9 Å². The molecule has 0 saturated heterocycles. The fraction of sp³-hybridized carbons (Fsp3) is 0. The highest BCUT2D eigenvalue weighted by atomic mass is 35.5. The SMILES string of the molecule is O=c1c2[nH]c3ccc(Cl)cc3c2ncn1/N=C/c1ccc(S(=O)(=O)[O-])o1. The molecule has 0 saturated carbocycles. The molecule has 0 aliphatic rings. The van der Waals surface area contributed by atoms with Gasteiger partial charge in [-0.3, -0.25) is 4.79 Å². The zero-order valence-electron chi connectivity index (χ0n) is 12.7. The maximum absolute atomic E-state index is 12.5. The van der Waals surface area contributed by atoms with E-state index in [4.69, 9.17) is 16.0 Å². The van der Waals surface area contributed by atoms with Gasteiger partial charge in [-0.1, -0.05) is 11.6 Å². The lowest BCUT2D eigenvalue weighted by Gasteiger charge is -2.00. The van der Waals surface area contributed by atoms with Gasteiger partial charge in [0.1, 0.15) is 23.1 Å². The van der Waals surface area contributed by atoms with Crippen LogP contribution in [0.2, 0.25) is 5.02 Å². The lowest BCUT2D eigenvalue weighted by Crippen LogP contribution is -2.17. The zero-order valence-corrected chi connectivity index (χ0v) is 14.3. The molecule has 0 amide bonds. The minimum absolute atomic E-state index is 0.00477. The van der Waals surface area contributed by atoms with E-state index < -0.39 is 20.8 Å². The smallest absolute Gasteiger partial charge is 0.298 e. The summed E-state index contributed by atoms with van der Waals surface area (Å²) in [6.07, 6.45) is 2.31. The van der Waals surface area contributed by atoms with Crippen LogP contribution in [0.15, 0.2) is 56.1 Å². The van der Waals surface area contributed by atoms with E-state index in [-0.39, 0.29) is 11.3 Å². The van der Waals surface area contributed by atoms with Gasteiger partial charge < -0.3 is 14.0 Å². The number of nitrogens with one attached hydrogen (secondary N) is 1. The van der Waals surface area contributed by atoms with Crippen LogP contribution in [0.3, 0.4) is 0 Å². The lowest BCUT2D eigenvalue weighted by molar-refractivity contribution is 0.395. The molecule has 0 aliphatic carbocycles. The van der Waals surface area contributed by atoms with E-state index in [9.17, 15) is 17.8 Å². The Morgan fingerprint density at radius 1 is 1.31 bits per heavy atom. The second-order valence-electron chi connectivity index (χ2n) is 5.29. The summed E-state index contributed by atoms with van der Waals surface area (Å²) in [5, 5.41) is 4.38. The third-order valence-corrected chi connectivity index (χ3v) is 4.56. The number of furan rings is 1. The second-order valence-corrected chi connectivity index (χ2v) is 7.04. The van der Waals surface area contributed by atoms with Crippen molar-refractivity contribution in [2.24, 2.45) is 5.10 Å². The van der Waals surface area contributed by atoms with E-state index in [1.54, 1.807) is 18.2 Å². The number of rotatable bonds is 3. The second kappa shape index (κ2) is 5.80. The molecule has 3 aromatic heterocycles. The molecule has 0 spiro atoms. The topological polar surface area (TPSA) is 133 Å². The van der Waals surface area contributed by atoms with Crippen molar-refractivity contribution in [2.75, 3.05) is 0 Å². The lowest BCUT2D eigenvalue weighted by atomic mass is 10.2. The van der Waals surface area contributed by atoms with E-state index in [0.29, 0.717) is 21.4 Å². The number of halogens is 1. The molecule has 4 rings (SSSR count). The first-order valence-corrected chi connectivity index (χ1v) is 8.90. The van der Waals surface area contributed by atoms with Crippen LogP contribution < -0.4 is 5.56 Å². The molecule has 0 fully saturated rings. The summed E-state index contributed by atoms with van der Waals surface area (Å²) in [6.45, 7) is 0. The molecule has 26 heavy (non-hydrogen) atoms. The summed E-state index contributed by atoms with van der Waals surface area (Å²) in [5.74, 6) is -0.00477. The molecule has 4 aromatic rings. The standard InChI is InChI=1S/C15H9ClN4O5S/c16-8-1-3-11-10(5-8)13-14(19-11)15(21)20(7-17-13)18-6-9-2-4-12(25-9)26(22,23)24/h1-7,19H,(H,22,23,24)/p-1/b18-6+. The van der Waals surface area contributed by atoms with E-state index in [1.807, 2.05) is 0 Å². The number of H-pyrrole nitrogens is 1. The first-order valence-electron chi connectivity index (χ1n) is 7.11. The third kappa shape index (κ3) is 2.79. The minimum Gasteiger partial charge on any atom is -0.742 e. The van der Waals surface area contributed by atoms with Crippen LogP contribution in [0.25, 0.3) is 21.9 Å². The number of aromatic amines is 1. The first-order chi connectivity index (χ1) is 12.3. The van der Waals surface area contributed by atoms with Crippen molar-refractivity contribution < 1.29 is 17.4 Å². The molecule has 1 N–H and O–H groups in total. The predicted molar refractivity (Wildman–Crippen MR) is 92.5 cm³/mol. The van der Waals surface area contributed by atoms with Crippen LogP contribution in [0, 0.1) is 0 Å². The molecule has 0 aliphatic heterocycles. The molecule has 9 nitrogen and oxygen atoms in total. The van der Waals surface area contributed by atoms with Gasteiger partial charge in [-0.2, -0.15) is 9.78 Å². The average molecular weight is 392 g/mol. The van der Waals surface area contributed by atoms with Crippen molar-refractivity contribution in [3.63, 3.8) is 0 Å². The fourth-order valence-electron chi connectivity index (χ4n) is 2.46. The van der Waals surface area contributed by atoms with Crippen molar-refractivity contribution in [3.05, 3.63) is 57.8 Å². The predicted octanol–water partition coefficient (Wildman–Crippen LogP) is 1.91. The Hall–Kier alpha value is -2.95. The van der Waals surface area contributed by atoms with Crippen LogP contribution in [0.1, 0.15) is 5.76 Å². The summed E-state index contributed by atoms with van der Waals surface area (Å²) in [4.78, 5) is 19.7. The Balaban J connectivity index is 1.78. The van der Waals surface area contributed by atoms with Crippen molar-refractivity contribution in [2.45, 2.75) is 5.09 Å². The summed E-state index contributed by atoms with van der Waals surface area (Å²) in [5.41, 5.74) is 0.926. The number of nitrogens with zero attached hydrogens (tertiary/aromatic N) is 3. The number of fused-ring (bicyclic) bond motifs is 3. The molecule has 0 atom stereocenters. The Morgan fingerprint density at radius 3 is 2.85 bits per heavy atom. The molecular weight excluding hydrogens is 384 g/mol. The van der Waals surface area contributed by atoms with Crippen LogP contribution in [-0.2, 0) is 10.1 Å². The molecule has 0 bridgehead atoms. The number of hydrogen-bond donors (Lipinski definition) is 1. The van der Waals surface area contributed by atoms with Crippen molar-refractivity contribution in [3.8, 4) is 0 Å². The largest absolute Gasteiger partial charge is 0.742 e. The Bertz CT molecular complexity index is 1350. The maximum atomic E-state index is 12.5. The van der Waals surface area contributed by atoms with Gasteiger partial charge in [0.05, 0.1) is 6.21 Å². The fourth-order valence-corrected chi connectivity index (χ4v) is 3.06. The molecule has 0 unspecified atom stereocenters. The third-order valence-electron chi connectivity index (χ3n) is 3.61. The summed E-state index contributed by atoms with van der Waals surface area (Å²) in [7, 11) is -4.70. The van der Waals surface area contributed by atoms with E-state index in [0.717, 1.165) is 17.0 Å².